The maximum Gasteiger partial charge on any atom is 0.301 e. The predicted octanol–water partition coefficient (Wildman–Crippen LogP) is 4.44. The number of hydrogen-bond acceptors (Lipinski definition) is 10. The standard InChI is InChI=1S/C25H19N3O8S2/c1-12-9-17(13(2)36-12)22(29)20-21(14-5-4-6-15(10-14)28(32)33)27(24(31)23(20)30)25-26-18-8-7-16(38(3,34)35)11-19(18)37-25/h4-11,21,29H,1-3H3. The molecule has 2 aromatic heterocycles. The number of fused-ring (bicyclic) bond motifs is 1. The number of nitrogens with zero attached hydrogens (tertiary/aromatic N) is 3. The first kappa shape index (κ1) is 25.3. The molecule has 4 aromatic rings. The van der Waals surface area contributed by atoms with Crippen LogP contribution in [0.3, 0.4) is 0 Å². The highest BCUT2D eigenvalue weighted by Gasteiger charge is 2.48. The summed E-state index contributed by atoms with van der Waals surface area (Å²) in [4.78, 5) is 43.2. The van der Waals surface area contributed by atoms with Gasteiger partial charge in [-0.3, -0.25) is 24.6 Å². The van der Waals surface area contributed by atoms with Gasteiger partial charge in [0.1, 0.15) is 17.3 Å². The van der Waals surface area contributed by atoms with Crippen LogP contribution in [0, 0.1) is 24.0 Å². The fourth-order valence-electron chi connectivity index (χ4n) is 4.39. The Balaban J connectivity index is 1.76. The zero-order valence-electron chi connectivity index (χ0n) is 20.2. The monoisotopic (exact) mass is 553 g/mol. The maximum absolute atomic E-state index is 13.4. The lowest BCUT2D eigenvalue weighted by molar-refractivity contribution is -0.384. The topological polar surface area (TPSA) is 161 Å². The molecule has 3 heterocycles. The molecule has 1 unspecified atom stereocenters. The molecule has 0 saturated carbocycles. The van der Waals surface area contributed by atoms with E-state index in [2.05, 4.69) is 4.98 Å². The number of ketones is 1. The number of furan rings is 1. The van der Waals surface area contributed by atoms with Crippen molar-refractivity contribution in [1.82, 2.24) is 4.98 Å². The summed E-state index contributed by atoms with van der Waals surface area (Å²) < 4.78 is 30.0. The molecular formula is C25H19N3O8S2. The number of aliphatic hydroxyl groups excluding tert-OH is 1. The normalized spacial score (nSPS) is 17.4. The van der Waals surface area contributed by atoms with Gasteiger partial charge in [0.25, 0.3) is 11.5 Å². The van der Waals surface area contributed by atoms with Crippen LogP contribution < -0.4 is 4.90 Å². The van der Waals surface area contributed by atoms with E-state index in [9.17, 15) is 33.2 Å². The van der Waals surface area contributed by atoms with Gasteiger partial charge in [-0.1, -0.05) is 23.5 Å². The fraction of sp³-hybridized carbons (Fsp3) is 0.160. The van der Waals surface area contributed by atoms with Crippen molar-refractivity contribution in [3.05, 3.63) is 86.9 Å². The number of non-ortho nitro benzene ring substituents is 1. The highest BCUT2D eigenvalue weighted by atomic mass is 32.2. The summed E-state index contributed by atoms with van der Waals surface area (Å²) in [5.74, 6) is -1.70. The molecule has 11 nitrogen and oxygen atoms in total. The average molecular weight is 554 g/mol. The summed E-state index contributed by atoms with van der Waals surface area (Å²) in [5, 5.41) is 22.8. The smallest absolute Gasteiger partial charge is 0.301 e. The van der Waals surface area contributed by atoms with Crippen molar-refractivity contribution in [1.29, 1.82) is 0 Å². The Morgan fingerprint density at radius 2 is 1.89 bits per heavy atom. The number of aryl methyl sites for hydroxylation is 2. The fourth-order valence-corrected chi connectivity index (χ4v) is 6.14. The van der Waals surface area contributed by atoms with E-state index in [4.69, 9.17) is 4.42 Å². The molecule has 1 aliphatic rings. The number of benzene rings is 2. The summed E-state index contributed by atoms with van der Waals surface area (Å²) in [6, 6.07) is 9.97. The van der Waals surface area contributed by atoms with E-state index in [1.807, 2.05) is 0 Å². The van der Waals surface area contributed by atoms with Crippen molar-refractivity contribution in [2.24, 2.45) is 0 Å². The minimum atomic E-state index is -3.51. The van der Waals surface area contributed by atoms with Crippen molar-refractivity contribution >= 4 is 59.7 Å². The maximum atomic E-state index is 13.4. The molecule has 0 aliphatic carbocycles. The summed E-state index contributed by atoms with van der Waals surface area (Å²) in [7, 11) is -3.51. The second-order valence-corrected chi connectivity index (χ2v) is 11.8. The zero-order valence-corrected chi connectivity index (χ0v) is 21.8. The third kappa shape index (κ3) is 4.15. The third-order valence-corrected chi connectivity index (χ3v) is 8.25. The van der Waals surface area contributed by atoms with Crippen LogP contribution in [0.2, 0.25) is 0 Å². The number of nitro groups is 1. The first-order chi connectivity index (χ1) is 17.9. The van der Waals surface area contributed by atoms with Crippen LogP contribution in [0.4, 0.5) is 10.8 Å². The predicted molar refractivity (Wildman–Crippen MR) is 139 cm³/mol. The average Bonchev–Trinajstić information content (AvgIpc) is 3.50. The van der Waals surface area contributed by atoms with Crippen molar-refractivity contribution < 1.29 is 32.5 Å². The molecule has 1 aliphatic heterocycles. The van der Waals surface area contributed by atoms with Gasteiger partial charge in [-0.2, -0.15) is 0 Å². The molecule has 0 spiro atoms. The van der Waals surface area contributed by atoms with E-state index in [1.54, 1.807) is 13.8 Å². The molecule has 1 amide bonds. The quantitative estimate of drug-likeness (QED) is 0.124. The first-order valence-corrected chi connectivity index (χ1v) is 13.8. The lowest BCUT2D eigenvalue weighted by atomic mass is 9.95. The number of nitro benzene ring substituents is 1. The van der Waals surface area contributed by atoms with E-state index in [1.165, 1.54) is 48.5 Å². The molecule has 1 saturated heterocycles. The van der Waals surface area contributed by atoms with Gasteiger partial charge >= 0.3 is 5.91 Å². The lowest BCUT2D eigenvalue weighted by Crippen LogP contribution is -2.29. The van der Waals surface area contributed by atoms with Crippen LogP contribution in [0.5, 0.6) is 0 Å². The lowest BCUT2D eigenvalue weighted by Gasteiger charge is -2.22. The van der Waals surface area contributed by atoms with Crippen LogP contribution in [0.1, 0.15) is 28.7 Å². The Bertz CT molecular complexity index is 1820. The Morgan fingerprint density at radius 3 is 2.53 bits per heavy atom. The number of aromatic nitrogens is 1. The summed E-state index contributed by atoms with van der Waals surface area (Å²) in [6.07, 6.45) is 1.07. The zero-order chi connectivity index (χ0) is 27.5. The first-order valence-electron chi connectivity index (χ1n) is 11.1. The van der Waals surface area contributed by atoms with Crippen LogP contribution >= 0.6 is 11.3 Å². The minimum Gasteiger partial charge on any atom is -0.507 e. The molecule has 13 heteroatoms. The van der Waals surface area contributed by atoms with Gasteiger partial charge in [0, 0.05) is 18.4 Å². The van der Waals surface area contributed by atoms with Gasteiger partial charge in [0.15, 0.2) is 15.0 Å². The summed E-state index contributed by atoms with van der Waals surface area (Å²) in [5.41, 5.74) is 0.242. The Kier molecular flexibility index (Phi) is 5.92. The van der Waals surface area contributed by atoms with Crippen molar-refractivity contribution in [3.63, 3.8) is 0 Å². The number of sulfone groups is 1. The van der Waals surface area contributed by atoms with Gasteiger partial charge in [0.05, 0.1) is 37.2 Å². The number of hydrogen-bond donors (Lipinski definition) is 1. The molecule has 194 valence electrons. The van der Waals surface area contributed by atoms with Crippen LogP contribution in [-0.4, -0.2) is 41.4 Å². The molecule has 0 bridgehead atoms. The van der Waals surface area contributed by atoms with Crippen LogP contribution in [-0.2, 0) is 19.4 Å². The molecule has 1 atom stereocenters. The molecule has 5 rings (SSSR count). The number of aliphatic hydroxyl groups is 1. The number of carbonyl (C=O) groups excluding carboxylic acids is 2. The largest absolute Gasteiger partial charge is 0.507 e. The number of rotatable bonds is 5. The van der Waals surface area contributed by atoms with Crippen LogP contribution in [0.25, 0.3) is 16.0 Å². The van der Waals surface area contributed by atoms with E-state index >= 15 is 0 Å². The van der Waals surface area contributed by atoms with E-state index < -0.39 is 38.3 Å². The summed E-state index contributed by atoms with van der Waals surface area (Å²) in [6.45, 7) is 3.25. The Labute approximate surface area is 219 Å². The minimum absolute atomic E-state index is 0.0586. The number of anilines is 1. The summed E-state index contributed by atoms with van der Waals surface area (Å²) >= 11 is 0.977. The molecule has 1 fully saturated rings. The number of thiazole rings is 1. The van der Waals surface area contributed by atoms with E-state index in [0.29, 0.717) is 21.7 Å². The van der Waals surface area contributed by atoms with Gasteiger partial charge in [0.2, 0.25) is 0 Å². The highest BCUT2D eigenvalue weighted by Crippen LogP contribution is 2.45. The number of Topliss-reactive ketones (excluding diaryl/α,β-unsaturated/α-hetero) is 1. The molecule has 0 radical (unpaired) electrons. The number of amides is 1. The van der Waals surface area contributed by atoms with Crippen molar-refractivity contribution in [3.8, 4) is 0 Å². The molecular weight excluding hydrogens is 534 g/mol. The SMILES string of the molecule is Cc1cc(C(O)=C2C(=O)C(=O)N(c3nc4ccc(S(C)(=O)=O)cc4s3)C2c2cccc([N+](=O)[O-])c2)c(C)o1. The van der Waals surface area contributed by atoms with Crippen LogP contribution in [0.15, 0.2) is 63.4 Å². The molecule has 1 N–H and O–H groups in total. The van der Waals surface area contributed by atoms with E-state index in [-0.39, 0.29) is 32.4 Å². The van der Waals surface area contributed by atoms with Gasteiger partial charge in [-0.25, -0.2) is 13.4 Å². The van der Waals surface area contributed by atoms with Crippen molar-refractivity contribution in [2.75, 3.05) is 11.2 Å². The second kappa shape index (κ2) is 8.89. The number of carbonyl (C=O) groups is 2. The Morgan fingerprint density at radius 1 is 1.16 bits per heavy atom. The van der Waals surface area contributed by atoms with Crippen molar-refractivity contribution in [2.45, 2.75) is 24.8 Å². The molecule has 2 aromatic carbocycles. The second-order valence-electron chi connectivity index (χ2n) is 8.75. The highest BCUT2D eigenvalue weighted by molar-refractivity contribution is 7.90. The van der Waals surface area contributed by atoms with Gasteiger partial charge < -0.3 is 9.52 Å². The van der Waals surface area contributed by atoms with Gasteiger partial charge in [-0.05, 0) is 43.7 Å². The third-order valence-electron chi connectivity index (χ3n) is 6.12. The molecule has 38 heavy (non-hydrogen) atoms. The Hall–Kier alpha value is -4.36. The van der Waals surface area contributed by atoms with Gasteiger partial charge in [-0.15, -0.1) is 0 Å². The van der Waals surface area contributed by atoms with E-state index in [0.717, 1.165) is 22.5 Å².